The third-order valence-electron chi connectivity index (χ3n) is 4.29. The lowest BCUT2D eigenvalue weighted by atomic mass is 9.84. The van der Waals surface area contributed by atoms with E-state index in [1.807, 2.05) is 6.92 Å². The first-order chi connectivity index (χ1) is 9.76. The first-order valence-corrected chi connectivity index (χ1v) is 8.36. The van der Waals surface area contributed by atoms with Crippen LogP contribution in [0.15, 0.2) is 4.99 Å². The number of hydrogen-bond donors (Lipinski definition) is 2. The van der Waals surface area contributed by atoms with Gasteiger partial charge in [0.15, 0.2) is 5.96 Å². The summed E-state index contributed by atoms with van der Waals surface area (Å²) < 4.78 is 5.35. The summed E-state index contributed by atoms with van der Waals surface area (Å²) in [6.45, 7) is 10.9. The zero-order valence-corrected chi connectivity index (χ0v) is 13.6. The highest BCUT2D eigenvalue weighted by molar-refractivity contribution is 5.79. The molecule has 1 rings (SSSR count). The molecule has 1 saturated carbocycles. The van der Waals surface area contributed by atoms with E-state index in [0.29, 0.717) is 5.41 Å². The van der Waals surface area contributed by atoms with Gasteiger partial charge in [0.05, 0.1) is 0 Å². The van der Waals surface area contributed by atoms with Gasteiger partial charge in [-0.25, -0.2) is 0 Å². The zero-order chi connectivity index (χ0) is 14.7. The minimum atomic E-state index is 0.466. The van der Waals surface area contributed by atoms with Crippen molar-refractivity contribution in [2.75, 3.05) is 32.8 Å². The summed E-state index contributed by atoms with van der Waals surface area (Å²) in [6.07, 6.45) is 7.72. The summed E-state index contributed by atoms with van der Waals surface area (Å²) in [5.41, 5.74) is 0.466. The topological polar surface area (TPSA) is 45.7 Å². The highest BCUT2D eigenvalue weighted by atomic mass is 16.5. The third kappa shape index (κ3) is 6.12. The molecular weight excluding hydrogens is 250 g/mol. The highest BCUT2D eigenvalue weighted by Crippen LogP contribution is 2.41. The molecule has 20 heavy (non-hydrogen) atoms. The van der Waals surface area contributed by atoms with Crippen molar-refractivity contribution in [3.63, 3.8) is 0 Å². The Bertz CT molecular complexity index is 273. The molecule has 1 aliphatic rings. The minimum absolute atomic E-state index is 0.466. The molecule has 2 N–H and O–H groups in total. The average Bonchev–Trinajstić information content (AvgIpc) is 2.94. The van der Waals surface area contributed by atoms with Crippen molar-refractivity contribution >= 4 is 5.96 Å². The number of guanidine groups is 1. The van der Waals surface area contributed by atoms with Crippen LogP contribution in [0, 0.1) is 5.41 Å². The molecule has 1 fully saturated rings. The standard InChI is InChI=1S/C16H33N3O/c1-4-16(10-7-8-11-16)14-19-15(17-5-2)18-12-9-13-20-6-3/h4-14H2,1-3H3,(H2,17,18,19). The lowest BCUT2D eigenvalue weighted by Crippen LogP contribution is -2.39. The monoisotopic (exact) mass is 283 g/mol. The number of ether oxygens (including phenoxy) is 1. The normalized spacial score (nSPS) is 18.2. The van der Waals surface area contributed by atoms with Gasteiger partial charge >= 0.3 is 0 Å². The van der Waals surface area contributed by atoms with Gasteiger partial charge in [-0.15, -0.1) is 0 Å². The molecule has 0 spiro atoms. The van der Waals surface area contributed by atoms with Gasteiger partial charge in [0, 0.05) is 32.8 Å². The second-order valence-corrected chi connectivity index (χ2v) is 5.73. The van der Waals surface area contributed by atoms with E-state index in [4.69, 9.17) is 9.73 Å². The fourth-order valence-electron chi connectivity index (χ4n) is 2.86. The number of aliphatic imine (C=N–C) groups is 1. The fraction of sp³-hybridized carbons (Fsp3) is 0.938. The van der Waals surface area contributed by atoms with E-state index in [1.54, 1.807) is 0 Å². The van der Waals surface area contributed by atoms with Crippen molar-refractivity contribution < 1.29 is 4.74 Å². The second-order valence-electron chi connectivity index (χ2n) is 5.73. The smallest absolute Gasteiger partial charge is 0.191 e. The van der Waals surface area contributed by atoms with Crippen LogP contribution in [0.5, 0.6) is 0 Å². The molecule has 0 aliphatic heterocycles. The van der Waals surface area contributed by atoms with Gasteiger partial charge in [-0.3, -0.25) is 4.99 Å². The summed E-state index contributed by atoms with van der Waals surface area (Å²) in [5.74, 6) is 0.962. The first-order valence-electron chi connectivity index (χ1n) is 8.36. The number of rotatable bonds is 9. The molecule has 4 nitrogen and oxygen atoms in total. The quantitative estimate of drug-likeness (QED) is 0.388. The Balaban J connectivity index is 2.37. The second kappa shape index (κ2) is 10.0. The summed E-state index contributed by atoms with van der Waals surface area (Å²) in [5, 5.41) is 6.74. The van der Waals surface area contributed by atoms with Crippen LogP contribution >= 0.6 is 0 Å². The molecule has 0 aromatic heterocycles. The number of nitrogens with one attached hydrogen (secondary N) is 2. The molecule has 0 amide bonds. The Morgan fingerprint density at radius 3 is 2.50 bits per heavy atom. The van der Waals surface area contributed by atoms with Gasteiger partial charge in [0.2, 0.25) is 0 Å². The zero-order valence-electron chi connectivity index (χ0n) is 13.6. The molecule has 0 heterocycles. The summed E-state index contributed by atoms with van der Waals surface area (Å²) in [7, 11) is 0. The van der Waals surface area contributed by atoms with E-state index >= 15 is 0 Å². The molecular formula is C16H33N3O. The van der Waals surface area contributed by atoms with Crippen molar-refractivity contribution in [2.24, 2.45) is 10.4 Å². The highest BCUT2D eigenvalue weighted by Gasteiger charge is 2.31. The van der Waals surface area contributed by atoms with E-state index in [1.165, 1.54) is 32.1 Å². The minimum Gasteiger partial charge on any atom is -0.382 e. The Kier molecular flexibility index (Phi) is 8.67. The first kappa shape index (κ1) is 17.3. The molecule has 0 aromatic rings. The van der Waals surface area contributed by atoms with Crippen LogP contribution in [0.25, 0.3) is 0 Å². The van der Waals surface area contributed by atoms with Gasteiger partial charge in [-0.1, -0.05) is 19.8 Å². The predicted molar refractivity (Wildman–Crippen MR) is 86.3 cm³/mol. The van der Waals surface area contributed by atoms with E-state index in [0.717, 1.165) is 45.2 Å². The lowest BCUT2D eigenvalue weighted by Gasteiger charge is -2.25. The van der Waals surface area contributed by atoms with Crippen molar-refractivity contribution in [3.8, 4) is 0 Å². The Labute approximate surface area is 124 Å². The van der Waals surface area contributed by atoms with E-state index in [9.17, 15) is 0 Å². The Hall–Kier alpha value is -0.770. The van der Waals surface area contributed by atoms with Gasteiger partial charge < -0.3 is 15.4 Å². The molecule has 0 unspecified atom stereocenters. The maximum atomic E-state index is 5.35. The Morgan fingerprint density at radius 2 is 1.90 bits per heavy atom. The van der Waals surface area contributed by atoms with Crippen LogP contribution in [-0.4, -0.2) is 38.8 Å². The average molecular weight is 283 g/mol. The van der Waals surface area contributed by atoms with Crippen LogP contribution in [0.4, 0.5) is 0 Å². The van der Waals surface area contributed by atoms with Crippen molar-refractivity contribution in [3.05, 3.63) is 0 Å². The van der Waals surface area contributed by atoms with Gasteiger partial charge in [-0.05, 0) is 44.9 Å². The predicted octanol–water partition coefficient (Wildman–Crippen LogP) is 2.94. The summed E-state index contributed by atoms with van der Waals surface area (Å²) in [4.78, 5) is 4.81. The van der Waals surface area contributed by atoms with Crippen LogP contribution < -0.4 is 10.6 Å². The van der Waals surface area contributed by atoms with Crippen molar-refractivity contribution in [1.29, 1.82) is 0 Å². The summed E-state index contributed by atoms with van der Waals surface area (Å²) in [6, 6.07) is 0. The SMILES string of the molecule is CCNC(=NCC1(CC)CCCC1)NCCCOCC. The van der Waals surface area contributed by atoms with Gasteiger partial charge in [0.25, 0.3) is 0 Å². The molecule has 0 radical (unpaired) electrons. The van der Waals surface area contributed by atoms with Crippen molar-refractivity contribution in [1.82, 2.24) is 10.6 Å². The molecule has 0 bridgehead atoms. The van der Waals surface area contributed by atoms with E-state index in [-0.39, 0.29) is 0 Å². The molecule has 0 atom stereocenters. The van der Waals surface area contributed by atoms with Gasteiger partial charge in [-0.2, -0.15) is 0 Å². The molecule has 1 aliphatic carbocycles. The van der Waals surface area contributed by atoms with Crippen LogP contribution in [0.3, 0.4) is 0 Å². The summed E-state index contributed by atoms with van der Waals surface area (Å²) >= 11 is 0. The van der Waals surface area contributed by atoms with Crippen LogP contribution in [0.2, 0.25) is 0 Å². The van der Waals surface area contributed by atoms with Crippen LogP contribution in [-0.2, 0) is 4.74 Å². The van der Waals surface area contributed by atoms with E-state index < -0.39 is 0 Å². The van der Waals surface area contributed by atoms with E-state index in [2.05, 4.69) is 24.5 Å². The maximum absolute atomic E-state index is 5.35. The van der Waals surface area contributed by atoms with Crippen LogP contribution in [0.1, 0.15) is 59.3 Å². The molecule has 0 saturated heterocycles. The van der Waals surface area contributed by atoms with Gasteiger partial charge in [0.1, 0.15) is 0 Å². The number of nitrogens with zero attached hydrogens (tertiary/aromatic N) is 1. The fourth-order valence-corrected chi connectivity index (χ4v) is 2.86. The largest absolute Gasteiger partial charge is 0.382 e. The lowest BCUT2D eigenvalue weighted by molar-refractivity contribution is 0.145. The molecule has 0 aromatic carbocycles. The third-order valence-corrected chi connectivity index (χ3v) is 4.29. The Morgan fingerprint density at radius 1 is 1.15 bits per heavy atom. The number of hydrogen-bond acceptors (Lipinski definition) is 2. The molecule has 4 heteroatoms. The molecule has 118 valence electrons. The van der Waals surface area contributed by atoms with Crippen molar-refractivity contribution in [2.45, 2.75) is 59.3 Å². The maximum Gasteiger partial charge on any atom is 0.191 e.